The fourth-order valence-corrected chi connectivity index (χ4v) is 1.76. The number of hydrogen-bond acceptors (Lipinski definition) is 2. The predicted molar refractivity (Wildman–Crippen MR) is 48.8 cm³/mol. The van der Waals surface area contributed by atoms with Crippen molar-refractivity contribution in [2.24, 2.45) is 0 Å². The largest absolute Gasteiger partial charge is 0.305 e. The molecule has 0 aromatic rings. The summed E-state index contributed by atoms with van der Waals surface area (Å²) < 4.78 is 0. The van der Waals surface area contributed by atoms with Gasteiger partial charge in [-0.3, -0.25) is 0 Å². The molecule has 0 saturated carbocycles. The number of likely N-dealkylation sites (tertiary alicyclic amines) is 1. The summed E-state index contributed by atoms with van der Waals surface area (Å²) >= 11 is 0. The van der Waals surface area contributed by atoms with Gasteiger partial charge >= 0.3 is 0 Å². The van der Waals surface area contributed by atoms with Crippen LogP contribution in [0.3, 0.4) is 0 Å². The van der Waals surface area contributed by atoms with Gasteiger partial charge in [0.05, 0.1) is 0 Å². The standard InChI is InChI=1S/C9H20N2/c1-4-11(3)9-6-5-7-10(2)8-9/h9H,4-8H2,1-3H3. The molecule has 1 heterocycles. The second kappa shape index (κ2) is 4.07. The lowest BCUT2D eigenvalue weighted by Gasteiger charge is -2.35. The molecule has 1 saturated heterocycles. The van der Waals surface area contributed by atoms with E-state index in [4.69, 9.17) is 0 Å². The van der Waals surface area contributed by atoms with Crippen molar-refractivity contribution in [3.8, 4) is 0 Å². The minimum absolute atomic E-state index is 0.804. The summed E-state index contributed by atoms with van der Waals surface area (Å²) in [4.78, 5) is 4.88. The molecule has 2 nitrogen and oxygen atoms in total. The van der Waals surface area contributed by atoms with Crippen molar-refractivity contribution >= 4 is 0 Å². The summed E-state index contributed by atoms with van der Waals surface area (Å²) in [6.07, 6.45) is 2.75. The molecule has 1 rings (SSSR count). The normalized spacial score (nSPS) is 27.8. The smallest absolute Gasteiger partial charge is 0.0220 e. The average molecular weight is 156 g/mol. The number of hydrogen-bond donors (Lipinski definition) is 0. The van der Waals surface area contributed by atoms with Crippen molar-refractivity contribution < 1.29 is 0 Å². The number of rotatable bonds is 2. The molecule has 66 valence electrons. The van der Waals surface area contributed by atoms with Crippen LogP contribution in [0, 0.1) is 0 Å². The van der Waals surface area contributed by atoms with Gasteiger partial charge in [0.2, 0.25) is 0 Å². The minimum Gasteiger partial charge on any atom is -0.305 e. The zero-order chi connectivity index (χ0) is 8.27. The number of likely N-dealkylation sites (N-methyl/N-ethyl adjacent to an activating group) is 2. The highest BCUT2D eigenvalue weighted by molar-refractivity contribution is 4.76. The molecule has 1 unspecified atom stereocenters. The van der Waals surface area contributed by atoms with E-state index in [0.717, 1.165) is 6.04 Å². The van der Waals surface area contributed by atoms with Gasteiger partial charge in [-0.15, -0.1) is 0 Å². The quantitative estimate of drug-likeness (QED) is 0.589. The molecule has 0 aromatic heterocycles. The highest BCUT2D eigenvalue weighted by atomic mass is 15.2. The summed E-state index contributed by atoms with van der Waals surface area (Å²) in [5.74, 6) is 0. The first kappa shape index (κ1) is 9.01. The molecular formula is C9H20N2. The van der Waals surface area contributed by atoms with Crippen molar-refractivity contribution in [3.05, 3.63) is 0 Å². The Kier molecular flexibility index (Phi) is 3.34. The van der Waals surface area contributed by atoms with E-state index in [1.54, 1.807) is 0 Å². The van der Waals surface area contributed by atoms with Gasteiger partial charge in [0.25, 0.3) is 0 Å². The minimum atomic E-state index is 0.804. The molecule has 0 amide bonds. The molecule has 2 heteroatoms. The van der Waals surface area contributed by atoms with Gasteiger partial charge in [-0.05, 0) is 40.0 Å². The Bertz CT molecular complexity index is 114. The summed E-state index contributed by atoms with van der Waals surface area (Å²) in [7, 11) is 4.44. The molecule has 11 heavy (non-hydrogen) atoms. The van der Waals surface area contributed by atoms with Gasteiger partial charge in [-0.25, -0.2) is 0 Å². The first-order valence-corrected chi connectivity index (χ1v) is 4.62. The Morgan fingerprint density at radius 3 is 2.82 bits per heavy atom. The second-order valence-corrected chi connectivity index (χ2v) is 3.63. The Labute approximate surface area is 70.2 Å². The number of nitrogens with zero attached hydrogens (tertiary/aromatic N) is 2. The van der Waals surface area contributed by atoms with Crippen molar-refractivity contribution in [1.82, 2.24) is 9.80 Å². The van der Waals surface area contributed by atoms with Crippen molar-refractivity contribution in [1.29, 1.82) is 0 Å². The molecule has 0 bridgehead atoms. The zero-order valence-corrected chi connectivity index (χ0v) is 8.01. The van der Waals surface area contributed by atoms with Crippen molar-refractivity contribution in [3.63, 3.8) is 0 Å². The third-order valence-corrected chi connectivity index (χ3v) is 2.72. The summed E-state index contributed by atoms with van der Waals surface area (Å²) in [6, 6.07) is 0.804. The Balaban J connectivity index is 2.33. The van der Waals surface area contributed by atoms with Gasteiger partial charge in [0, 0.05) is 12.6 Å². The molecule has 0 N–H and O–H groups in total. The zero-order valence-electron chi connectivity index (χ0n) is 8.01. The Morgan fingerprint density at radius 2 is 2.27 bits per heavy atom. The first-order valence-electron chi connectivity index (χ1n) is 4.62. The summed E-state index contributed by atoms with van der Waals surface area (Å²) in [5.41, 5.74) is 0. The highest BCUT2D eigenvalue weighted by Crippen LogP contribution is 2.12. The maximum atomic E-state index is 2.45. The summed E-state index contributed by atoms with van der Waals surface area (Å²) in [5, 5.41) is 0. The van der Waals surface area contributed by atoms with E-state index in [9.17, 15) is 0 Å². The van der Waals surface area contributed by atoms with E-state index in [0.29, 0.717) is 0 Å². The van der Waals surface area contributed by atoms with Crippen LogP contribution in [-0.4, -0.2) is 49.6 Å². The van der Waals surface area contributed by atoms with E-state index in [-0.39, 0.29) is 0 Å². The van der Waals surface area contributed by atoms with Crippen LogP contribution < -0.4 is 0 Å². The average Bonchev–Trinajstić information content (AvgIpc) is 2.03. The molecule has 0 aliphatic carbocycles. The highest BCUT2D eigenvalue weighted by Gasteiger charge is 2.19. The topological polar surface area (TPSA) is 6.48 Å². The third-order valence-electron chi connectivity index (χ3n) is 2.72. The van der Waals surface area contributed by atoms with E-state index < -0.39 is 0 Å². The van der Waals surface area contributed by atoms with E-state index in [2.05, 4.69) is 30.8 Å². The van der Waals surface area contributed by atoms with Gasteiger partial charge in [0.1, 0.15) is 0 Å². The first-order chi connectivity index (χ1) is 5.24. The predicted octanol–water partition coefficient (Wildman–Crippen LogP) is 1.03. The maximum Gasteiger partial charge on any atom is 0.0220 e. The van der Waals surface area contributed by atoms with Crippen LogP contribution in [-0.2, 0) is 0 Å². The summed E-state index contributed by atoms with van der Waals surface area (Å²) in [6.45, 7) is 5.95. The monoisotopic (exact) mass is 156 g/mol. The van der Waals surface area contributed by atoms with Crippen LogP contribution in [0.2, 0.25) is 0 Å². The SMILES string of the molecule is CCN(C)C1CCCN(C)C1. The molecule has 0 radical (unpaired) electrons. The van der Waals surface area contributed by atoms with Gasteiger partial charge in [-0.2, -0.15) is 0 Å². The third kappa shape index (κ3) is 2.46. The fraction of sp³-hybridized carbons (Fsp3) is 1.00. The van der Waals surface area contributed by atoms with Gasteiger partial charge in [0.15, 0.2) is 0 Å². The maximum absolute atomic E-state index is 2.45. The van der Waals surface area contributed by atoms with Crippen LogP contribution >= 0.6 is 0 Å². The van der Waals surface area contributed by atoms with Crippen LogP contribution in [0.15, 0.2) is 0 Å². The fourth-order valence-electron chi connectivity index (χ4n) is 1.76. The Hall–Kier alpha value is -0.0800. The van der Waals surface area contributed by atoms with Crippen LogP contribution in [0.25, 0.3) is 0 Å². The molecule has 0 aromatic carbocycles. The van der Waals surface area contributed by atoms with Gasteiger partial charge in [-0.1, -0.05) is 6.92 Å². The van der Waals surface area contributed by atoms with Crippen LogP contribution in [0.5, 0.6) is 0 Å². The molecule has 0 spiro atoms. The van der Waals surface area contributed by atoms with Crippen molar-refractivity contribution in [2.75, 3.05) is 33.7 Å². The van der Waals surface area contributed by atoms with E-state index >= 15 is 0 Å². The molecule has 1 fully saturated rings. The lowest BCUT2D eigenvalue weighted by Crippen LogP contribution is -2.44. The number of piperidine rings is 1. The molecule has 1 aliphatic rings. The lowest BCUT2D eigenvalue weighted by molar-refractivity contribution is 0.139. The second-order valence-electron chi connectivity index (χ2n) is 3.63. The van der Waals surface area contributed by atoms with Crippen LogP contribution in [0.1, 0.15) is 19.8 Å². The van der Waals surface area contributed by atoms with Crippen LogP contribution in [0.4, 0.5) is 0 Å². The Morgan fingerprint density at radius 1 is 1.55 bits per heavy atom. The lowest BCUT2D eigenvalue weighted by atomic mass is 10.1. The molecular weight excluding hydrogens is 136 g/mol. The van der Waals surface area contributed by atoms with E-state index in [1.807, 2.05) is 0 Å². The van der Waals surface area contributed by atoms with Gasteiger partial charge < -0.3 is 9.80 Å². The van der Waals surface area contributed by atoms with Crippen molar-refractivity contribution in [2.45, 2.75) is 25.8 Å². The van der Waals surface area contributed by atoms with E-state index in [1.165, 1.54) is 32.5 Å². The molecule has 1 atom stereocenters. The molecule has 1 aliphatic heterocycles.